The number of rotatable bonds is 3. The molecule has 4 aromatic rings. The van der Waals surface area contributed by atoms with E-state index in [1.807, 2.05) is 60.7 Å². The molecule has 0 spiro atoms. The molecule has 0 saturated heterocycles. The minimum atomic E-state index is 0.274. The summed E-state index contributed by atoms with van der Waals surface area (Å²) in [7, 11) is 1.66. The van der Waals surface area contributed by atoms with Gasteiger partial charge in [-0.15, -0.1) is 0 Å². The Hall–Kier alpha value is -3.26. The van der Waals surface area contributed by atoms with E-state index in [0.29, 0.717) is 0 Å². The molecule has 122 valence electrons. The van der Waals surface area contributed by atoms with E-state index in [2.05, 4.69) is 24.3 Å². The van der Waals surface area contributed by atoms with Gasteiger partial charge in [-0.2, -0.15) is 0 Å². The molecule has 25 heavy (non-hydrogen) atoms. The van der Waals surface area contributed by atoms with E-state index in [0.717, 1.165) is 38.8 Å². The molecule has 0 saturated carbocycles. The van der Waals surface area contributed by atoms with Crippen LogP contribution < -0.4 is 4.74 Å². The Kier molecular flexibility index (Phi) is 3.87. The van der Waals surface area contributed by atoms with Gasteiger partial charge in [0.25, 0.3) is 0 Å². The lowest BCUT2D eigenvalue weighted by atomic mass is 9.89. The molecule has 0 unspecified atom stereocenters. The summed E-state index contributed by atoms with van der Waals surface area (Å²) in [5.41, 5.74) is 4.28. The van der Waals surface area contributed by atoms with Crippen molar-refractivity contribution in [1.82, 2.24) is 0 Å². The zero-order valence-corrected chi connectivity index (χ0v) is 13.9. The lowest BCUT2D eigenvalue weighted by Gasteiger charge is -2.16. The molecular formula is C23H18O2. The second-order valence-electron chi connectivity index (χ2n) is 5.96. The van der Waals surface area contributed by atoms with Gasteiger partial charge in [0.05, 0.1) is 7.11 Å². The highest BCUT2D eigenvalue weighted by atomic mass is 16.5. The van der Waals surface area contributed by atoms with E-state index >= 15 is 0 Å². The quantitative estimate of drug-likeness (QED) is 0.509. The third-order valence-electron chi connectivity index (χ3n) is 4.47. The van der Waals surface area contributed by atoms with Crippen LogP contribution >= 0.6 is 0 Å². The van der Waals surface area contributed by atoms with Crippen molar-refractivity contribution in [3.63, 3.8) is 0 Å². The molecule has 0 amide bonds. The largest absolute Gasteiger partial charge is 0.507 e. The molecule has 2 heteroatoms. The van der Waals surface area contributed by atoms with Gasteiger partial charge in [-0.25, -0.2) is 0 Å². The van der Waals surface area contributed by atoms with Crippen LogP contribution in [0.1, 0.15) is 0 Å². The van der Waals surface area contributed by atoms with Crippen molar-refractivity contribution in [1.29, 1.82) is 0 Å². The van der Waals surface area contributed by atoms with Crippen LogP contribution in [0.3, 0.4) is 0 Å². The van der Waals surface area contributed by atoms with Crippen molar-refractivity contribution in [2.45, 2.75) is 0 Å². The fraction of sp³-hybridized carbons (Fsp3) is 0.0435. The molecule has 0 bridgehead atoms. The van der Waals surface area contributed by atoms with Gasteiger partial charge < -0.3 is 9.84 Å². The number of hydrogen-bond acceptors (Lipinski definition) is 2. The Morgan fingerprint density at radius 3 is 1.96 bits per heavy atom. The predicted molar refractivity (Wildman–Crippen MR) is 103 cm³/mol. The molecule has 0 atom stereocenters. The normalized spacial score (nSPS) is 10.8. The van der Waals surface area contributed by atoms with Crippen LogP contribution in [-0.4, -0.2) is 12.2 Å². The fourth-order valence-corrected chi connectivity index (χ4v) is 3.27. The average Bonchev–Trinajstić information content (AvgIpc) is 2.68. The van der Waals surface area contributed by atoms with Crippen LogP contribution in [0.5, 0.6) is 11.5 Å². The highest BCUT2D eigenvalue weighted by Crippen LogP contribution is 2.43. The van der Waals surface area contributed by atoms with Crippen molar-refractivity contribution >= 4 is 10.8 Å². The van der Waals surface area contributed by atoms with E-state index in [4.69, 9.17) is 4.74 Å². The zero-order chi connectivity index (χ0) is 17.2. The van der Waals surface area contributed by atoms with Crippen LogP contribution in [0.15, 0.2) is 84.9 Å². The van der Waals surface area contributed by atoms with Gasteiger partial charge in [0.15, 0.2) is 0 Å². The van der Waals surface area contributed by atoms with E-state index in [-0.39, 0.29) is 5.75 Å². The number of benzene rings is 4. The molecule has 4 aromatic carbocycles. The summed E-state index contributed by atoms with van der Waals surface area (Å²) in [5, 5.41) is 12.4. The molecule has 1 N–H and O–H groups in total. The first kappa shape index (κ1) is 15.3. The highest BCUT2D eigenvalue weighted by molar-refractivity contribution is 6.07. The van der Waals surface area contributed by atoms with Gasteiger partial charge in [0, 0.05) is 5.39 Å². The molecule has 0 radical (unpaired) electrons. The Bertz CT molecular complexity index is 1020. The summed E-state index contributed by atoms with van der Waals surface area (Å²) in [6.07, 6.45) is 0. The van der Waals surface area contributed by atoms with E-state index < -0.39 is 0 Å². The molecule has 0 aromatic heterocycles. The Labute approximate surface area is 146 Å². The van der Waals surface area contributed by atoms with E-state index in [9.17, 15) is 5.11 Å². The standard InChI is InChI=1S/C23H18O2/c1-25-18-12-13-19-21(14-18)23(17-10-6-3-7-11-17)20(15-22(19)24)16-8-4-2-5-9-16/h2-15,24H,1H3. The van der Waals surface area contributed by atoms with Gasteiger partial charge in [-0.1, -0.05) is 60.7 Å². The third kappa shape index (κ3) is 2.72. The summed E-state index contributed by atoms with van der Waals surface area (Å²) in [6.45, 7) is 0. The molecule has 2 nitrogen and oxygen atoms in total. The molecule has 0 fully saturated rings. The minimum Gasteiger partial charge on any atom is -0.507 e. The topological polar surface area (TPSA) is 29.5 Å². The number of fused-ring (bicyclic) bond motifs is 1. The first-order valence-electron chi connectivity index (χ1n) is 8.22. The van der Waals surface area contributed by atoms with Gasteiger partial charge in [-0.05, 0) is 51.9 Å². The van der Waals surface area contributed by atoms with Crippen molar-refractivity contribution < 1.29 is 9.84 Å². The summed E-state index contributed by atoms with van der Waals surface area (Å²) in [4.78, 5) is 0. The van der Waals surface area contributed by atoms with E-state index in [1.54, 1.807) is 7.11 Å². The molecule has 0 aliphatic carbocycles. The van der Waals surface area contributed by atoms with Crippen molar-refractivity contribution in [3.05, 3.63) is 84.9 Å². The van der Waals surface area contributed by atoms with Gasteiger partial charge in [-0.3, -0.25) is 0 Å². The molecule has 0 heterocycles. The Morgan fingerprint density at radius 2 is 1.32 bits per heavy atom. The fourth-order valence-electron chi connectivity index (χ4n) is 3.27. The minimum absolute atomic E-state index is 0.274. The predicted octanol–water partition coefficient (Wildman–Crippen LogP) is 5.89. The van der Waals surface area contributed by atoms with Gasteiger partial charge >= 0.3 is 0 Å². The first-order chi connectivity index (χ1) is 12.3. The number of aromatic hydroxyl groups is 1. The number of hydrogen-bond donors (Lipinski definition) is 1. The monoisotopic (exact) mass is 326 g/mol. The Morgan fingerprint density at radius 1 is 0.680 bits per heavy atom. The van der Waals surface area contributed by atoms with Gasteiger partial charge in [0.2, 0.25) is 0 Å². The second-order valence-corrected chi connectivity index (χ2v) is 5.96. The van der Waals surface area contributed by atoms with E-state index in [1.165, 1.54) is 0 Å². The smallest absolute Gasteiger partial charge is 0.124 e. The summed E-state index contributed by atoms with van der Waals surface area (Å²) in [5.74, 6) is 1.05. The van der Waals surface area contributed by atoms with Crippen LogP contribution in [0.4, 0.5) is 0 Å². The summed E-state index contributed by atoms with van der Waals surface area (Å²) < 4.78 is 5.42. The maximum absolute atomic E-state index is 10.6. The Balaban J connectivity index is 2.14. The third-order valence-corrected chi connectivity index (χ3v) is 4.47. The number of phenols is 1. The second kappa shape index (κ2) is 6.33. The lowest BCUT2D eigenvalue weighted by molar-refractivity contribution is 0.415. The van der Waals surface area contributed by atoms with Crippen LogP contribution in [0.25, 0.3) is 33.0 Å². The lowest BCUT2D eigenvalue weighted by Crippen LogP contribution is -1.90. The number of ether oxygens (including phenoxy) is 1. The molecule has 4 rings (SSSR count). The van der Waals surface area contributed by atoms with Crippen LogP contribution in [-0.2, 0) is 0 Å². The number of phenolic OH excluding ortho intramolecular Hbond substituents is 1. The maximum atomic E-state index is 10.6. The summed E-state index contributed by atoms with van der Waals surface area (Å²) >= 11 is 0. The van der Waals surface area contributed by atoms with Gasteiger partial charge in [0.1, 0.15) is 11.5 Å². The van der Waals surface area contributed by atoms with Crippen LogP contribution in [0.2, 0.25) is 0 Å². The van der Waals surface area contributed by atoms with Crippen LogP contribution in [0, 0.1) is 0 Å². The molecular weight excluding hydrogens is 308 g/mol. The average molecular weight is 326 g/mol. The van der Waals surface area contributed by atoms with Crippen molar-refractivity contribution in [3.8, 4) is 33.8 Å². The van der Waals surface area contributed by atoms with Crippen molar-refractivity contribution in [2.24, 2.45) is 0 Å². The SMILES string of the molecule is COc1ccc2c(O)cc(-c3ccccc3)c(-c3ccccc3)c2c1. The first-order valence-corrected chi connectivity index (χ1v) is 8.22. The molecule has 0 aliphatic rings. The maximum Gasteiger partial charge on any atom is 0.124 e. The summed E-state index contributed by atoms with van der Waals surface area (Å²) in [6, 6.07) is 28.0. The zero-order valence-electron chi connectivity index (χ0n) is 13.9. The number of methoxy groups -OCH3 is 1. The highest BCUT2D eigenvalue weighted by Gasteiger charge is 2.15. The molecule has 0 aliphatic heterocycles. The van der Waals surface area contributed by atoms with Crippen molar-refractivity contribution in [2.75, 3.05) is 7.11 Å².